The Balaban J connectivity index is 2.97. The largest absolute Gasteiger partial charge is 0.573 e. The fraction of sp³-hybridized carbons (Fsp3) is 0.125. The molecule has 0 saturated carbocycles. The van der Waals surface area contributed by atoms with Crippen LogP contribution in [0.3, 0.4) is 0 Å². The number of hydrogen-bond donors (Lipinski definition) is 0. The van der Waals surface area contributed by atoms with E-state index in [2.05, 4.69) is 25.5 Å². The Hall–Kier alpha value is -1.22. The molecule has 2 nitrogen and oxygen atoms in total. The van der Waals surface area contributed by atoms with E-state index in [1.165, 1.54) is 12.1 Å². The normalized spacial score (nSPS) is 10.8. The lowest BCUT2D eigenvalue weighted by atomic mass is 10.3. The highest BCUT2D eigenvalue weighted by Crippen LogP contribution is 2.33. The fourth-order valence-electron chi connectivity index (χ4n) is 0.767. The number of ether oxygens (including phenoxy) is 1. The van der Waals surface area contributed by atoms with Gasteiger partial charge in [0.05, 0.1) is 6.57 Å². The molecular weight excluding hydrogens is 263 g/mol. The minimum absolute atomic E-state index is 0.100. The third-order valence-electron chi connectivity index (χ3n) is 1.27. The third kappa shape index (κ3) is 2.92. The van der Waals surface area contributed by atoms with Crippen molar-refractivity contribution >= 4 is 21.6 Å². The van der Waals surface area contributed by atoms with E-state index in [1.807, 2.05) is 0 Å². The molecule has 74 valence electrons. The molecule has 0 fully saturated rings. The maximum atomic E-state index is 11.8. The molecule has 0 atom stereocenters. The minimum atomic E-state index is -4.72. The zero-order valence-corrected chi connectivity index (χ0v) is 8.19. The summed E-state index contributed by atoms with van der Waals surface area (Å²) in [4.78, 5) is 3.05. The predicted octanol–water partition coefficient (Wildman–Crippen LogP) is 3.90. The van der Waals surface area contributed by atoms with E-state index in [4.69, 9.17) is 6.57 Å². The van der Waals surface area contributed by atoms with E-state index in [0.29, 0.717) is 0 Å². The van der Waals surface area contributed by atoms with Crippen LogP contribution in [-0.4, -0.2) is 6.36 Å². The lowest BCUT2D eigenvalue weighted by molar-refractivity contribution is -0.274. The van der Waals surface area contributed by atoms with Gasteiger partial charge in [0.15, 0.2) is 5.69 Å². The van der Waals surface area contributed by atoms with Crippen molar-refractivity contribution in [3.8, 4) is 5.75 Å². The van der Waals surface area contributed by atoms with Crippen molar-refractivity contribution in [3.63, 3.8) is 0 Å². The molecule has 0 saturated heterocycles. The molecule has 0 radical (unpaired) electrons. The zero-order valence-electron chi connectivity index (χ0n) is 6.60. The number of rotatable bonds is 1. The van der Waals surface area contributed by atoms with Crippen molar-refractivity contribution in [2.45, 2.75) is 6.36 Å². The summed E-state index contributed by atoms with van der Waals surface area (Å²) >= 11 is 2.87. The summed E-state index contributed by atoms with van der Waals surface area (Å²) in [7, 11) is 0. The molecule has 1 aromatic rings. The molecule has 0 aliphatic heterocycles. The lowest BCUT2D eigenvalue weighted by Gasteiger charge is -2.10. The Morgan fingerprint density at radius 1 is 1.36 bits per heavy atom. The maximum absolute atomic E-state index is 11.8. The van der Waals surface area contributed by atoms with Crippen LogP contribution in [0.2, 0.25) is 0 Å². The van der Waals surface area contributed by atoms with Gasteiger partial charge in [-0.15, -0.1) is 13.2 Å². The molecular formula is C8H3BrF3NO. The van der Waals surface area contributed by atoms with Crippen LogP contribution in [0, 0.1) is 6.57 Å². The van der Waals surface area contributed by atoms with Gasteiger partial charge in [-0.25, -0.2) is 4.85 Å². The lowest BCUT2D eigenvalue weighted by Crippen LogP contribution is -2.17. The average molecular weight is 266 g/mol. The van der Waals surface area contributed by atoms with Gasteiger partial charge in [-0.05, 0) is 28.1 Å². The number of nitrogens with zero attached hydrogens (tertiary/aromatic N) is 1. The number of benzene rings is 1. The van der Waals surface area contributed by atoms with Crippen LogP contribution in [0.4, 0.5) is 18.9 Å². The molecule has 1 aromatic carbocycles. The Bertz CT molecular complexity index is 383. The smallest absolute Gasteiger partial charge is 0.405 e. The van der Waals surface area contributed by atoms with E-state index in [-0.39, 0.29) is 15.9 Å². The van der Waals surface area contributed by atoms with Crippen molar-refractivity contribution in [1.29, 1.82) is 0 Å². The van der Waals surface area contributed by atoms with Gasteiger partial charge in [-0.1, -0.05) is 6.07 Å². The molecule has 0 heterocycles. The summed E-state index contributed by atoms with van der Waals surface area (Å²) in [5.41, 5.74) is 0.242. The number of alkyl halides is 3. The summed E-state index contributed by atoms with van der Waals surface area (Å²) in [6.07, 6.45) is -4.72. The first-order valence-electron chi connectivity index (χ1n) is 3.35. The van der Waals surface area contributed by atoms with Crippen molar-refractivity contribution in [3.05, 3.63) is 34.1 Å². The standard InChI is InChI=1S/C8H3BrF3NO/c1-13-5-2-3-7(6(9)4-5)14-8(10,11)12/h2-4H. The van der Waals surface area contributed by atoms with Crippen molar-refractivity contribution in [2.75, 3.05) is 0 Å². The van der Waals surface area contributed by atoms with Gasteiger partial charge in [-0.3, -0.25) is 0 Å². The monoisotopic (exact) mass is 265 g/mol. The molecule has 0 aromatic heterocycles. The number of hydrogen-bond acceptors (Lipinski definition) is 1. The first kappa shape index (κ1) is 10.9. The van der Waals surface area contributed by atoms with Crippen LogP contribution in [0.25, 0.3) is 4.85 Å². The highest BCUT2D eigenvalue weighted by Gasteiger charge is 2.31. The molecule has 0 N–H and O–H groups in total. The predicted molar refractivity (Wildman–Crippen MR) is 47.1 cm³/mol. The second-order valence-corrected chi connectivity index (χ2v) is 3.13. The molecule has 0 unspecified atom stereocenters. The summed E-state index contributed by atoms with van der Waals surface area (Å²) in [6.45, 7) is 6.63. The molecule has 14 heavy (non-hydrogen) atoms. The molecule has 1 rings (SSSR count). The van der Waals surface area contributed by atoms with Crippen molar-refractivity contribution in [2.24, 2.45) is 0 Å². The second kappa shape index (κ2) is 3.88. The molecule has 0 spiro atoms. The van der Waals surface area contributed by atoms with Gasteiger partial charge in [-0.2, -0.15) is 0 Å². The Morgan fingerprint density at radius 3 is 2.43 bits per heavy atom. The first-order chi connectivity index (χ1) is 6.42. The van der Waals surface area contributed by atoms with Gasteiger partial charge < -0.3 is 4.74 Å². The van der Waals surface area contributed by atoms with Crippen LogP contribution >= 0.6 is 15.9 Å². The minimum Gasteiger partial charge on any atom is -0.405 e. The van der Waals surface area contributed by atoms with Gasteiger partial charge in [0, 0.05) is 4.47 Å². The van der Waals surface area contributed by atoms with Crippen LogP contribution in [0.5, 0.6) is 5.75 Å². The van der Waals surface area contributed by atoms with E-state index in [9.17, 15) is 13.2 Å². The summed E-state index contributed by atoms with van der Waals surface area (Å²) in [5, 5.41) is 0. The highest BCUT2D eigenvalue weighted by atomic mass is 79.9. The Labute approximate surface area is 86.2 Å². The van der Waals surface area contributed by atoms with Crippen LogP contribution < -0.4 is 4.74 Å². The van der Waals surface area contributed by atoms with Gasteiger partial charge >= 0.3 is 6.36 Å². The SMILES string of the molecule is [C-]#[N+]c1ccc(OC(F)(F)F)c(Br)c1. The highest BCUT2D eigenvalue weighted by molar-refractivity contribution is 9.10. The summed E-state index contributed by atoms with van der Waals surface area (Å²) in [5.74, 6) is -0.357. The summed E-state index contributed by atoms with van der Waals surface area (Å²) < 4.78 is 39.2. The molecule has 6 heteroatoms. The van der Waals surface area contributed by atoms with E-state index >= 15 is 0 Å². The van der Waals surface area contributed by atoms with Crippen molar-refractivity contribution in [1.82, 2.24) is 0 Å². The van der Waals surface area contributed by atoms with Crippen LogP contribution in [0.1, 0.15) is 0 Å². The van der Waals surface area contributed by atoms with Gasteiger partial charge in [0.2, 0.25) is 0 Å². The molecule has 0 bridgehead atoms. The van der Waals surface area contributed by atoms with E-state index < -0.39 is 6.36 Å². The van der Waals surface area contributed by atoms with E-state index in [1.54, 1.807) is 0 Å². The average Bonchev–Trinajstić information content (AvgIpc) is 2.06. The maximum Gasteiger partial charge on any atom is 0.573 e. The molecule has 0 aliphatic carbocycles. The van der Waals surface area contributed by atoms with E-state index in [0.717, 1.165) is 6.07 Å². The van der Waals surface area contributed by atoms with Crippen molar-refractivity contribution < 1.29 is 17.9 Å². The van der Waals surface area contributed by atoms with Gasteiger partial charge in [0.25, 0.3) is 0 Å². The van der Waals surface area contributed by atoms with Gasteiger partial charge in [0.1, 0.15) is 5.75 Å². The fourth-order valence-corrected chi connectivity index (χ4v) is 1.21. The summed E-state index contributed by atoms with van der Waals surface area (Å²) in [6, 6.07) is 3.60. The van der Waals surface area contributed by atoms with Crippen LogP contribution in [-0.2, 0) is 0 Å². The third-order valence-corrected chi connectivity index (χ3v) is 1.89. The molecule has 0 amide bonds. The quantitative estimate of drug-likeness (QED) is 0.703. The second-order valence-electron chi connectivity index (χ2n) is 2.27. The Kier molecular flexibility index (Phi) is 3.01. The topological polar surface area (TPSA) is 13.6 Å². The van der Waals surface area contributed by atoms with Crippen LogP contribution in [0.15, 0.2) is 22.7 Å². The molecule has 0 aliphatic rings. The zero-order chi connectivity index (χ0) is 10.8. The first-order valence-corrected chi connectivity index (χ1v) is 4.14. The Morgan fingerprint density at radius 2 is 2.00 bits per heavy atom. The number of halogens is 4.